The molecule has 1 N–H and O–H groups in total. The molecule has 36 heavy (non-hydrogen) atoms. The van der Waals surface area contributed by atoms with Crippen molar-refractivity contribution >= 4 is 34.8 Å². The maximum atomic E-state index is 13.1. The summed E-state index contributed by atoms with van der Waals surface area (Å²) in [4.78, 5) is 13.1. The minimum atomic E-state index is -0.209. The van der Waals surface area contributed by atoms with Gasteiger partial charge in [0.05, 0.1) is 23.6 Å². The van der Waals surface area contributed by atoms with Gasteiger partial charge in [-0.15, -0.1) is 0 Å². The van der Waals surface area contributed by atoms with E-state index in [4.69, 9.17) is 27.9 Å². The Morgan fingerprint density at radius 3 is 2.33 bits per heavy atom. The lowest BCUT2D eigenvalue weighted by molar-refractivity contribution is 0.102. The zero-order valence-corrected chi connectivity index (χ0v) is 22.3. The fraction of sp³-hybridized carbons (Fsp3) is 0.241. The highest BCUT2D eigenvalue weighted by molar-refractivity contribution is 6.36. The zero-order chi connectivity index (χ0) is 25.8. The summed E-state index contributed by atoms with van der Waals surface area (Å²) in [6, 6.07) is 21.0. The molecule has 0 fully saturated rings. The highest BCUT2D eigenvalue weighted by Gasteiger charge is 2.17. The Balaban J connectivity index is 1.45. The Morgan fingerprint density at radius 1 is 1.00 bits per heavy atom. The fourth-order valence-corrected chi connectivity index (χ4v) is 4.49. The second-order valence-electron chi connectivity index (χ2n) is 9.07. The molecule has 0 aliphatic rings. The molecule has 4 rings (SSSR count). The summed E-state index contributed by atoms with van der Waals surface area (Å²) in [5.41, 5.74) is 5.73. The van der Waals surface area contributed by atoms with Crippen LogP contribution < -0.4 is 10.1 Å². The number of rotatable bonds is 8. The lowest BCUT2D eigenvalue weighted by atomic mass is 10.0. The van der Waals surface area contributed by atoms with Crippen LogP contribution in [0.2, 0.25) is 10.0 Å². The molecule has 0 aliphatic heterocycles. The summed E-state index contributed by atoms with van der Waals surface area (Å²) >= 11 is 12.7. The van der Waals surface area contributed by atoms with E-state index >= 15 is 0 Å². The van der Waals surface area contributed by atoms with Crippen LogP contribution in [0.3, 0.4) is 0 Å². The minimum Gasteiger partial charge on any atom is -0.489 e. The number of hydrogen-bond donors (Lipinski definition) is 1. The predicted octanol–water partition coefficient (Wildman–Crippen LogP) is 7.81. The van der Waals surface area contributed by atoms with Gasteiger partial charge in [-0.05, 0) is 67.3 Å². The monoisotopic (exact) mass is 521 g/mol. The number of ether oxygens (including phenoxy) is 1. The van der Waals surface area contributed by atoms with Gasteiger partial charge in [-0.25, -0.2) is 0 Å². The minimum absolute atomic E-state index is 0.209. The van der Waals surface area contributed by atoms with Crippen molar-refractivity contribution in [2.45, 2.75) is 46.8 Å². The van der Waals surface area contributed by atoms with Crippen molar-refractivity contribution < 1.29 is 9.53 Å². The molecule has 5 nitrogen and oxygen atoms in total. The standard InChI is InChI=1S/C29H29Cl2N3O2/c1-18(2)22-11-13-24(14-12-22)36-17-21-7-5-8-23(15-21)29(35)32-28-19(3)33-34(20(28)4)16-25-26(30)9-6-10-27(25)31/h5-15,18H,16-17H2,1-4H3,(H,32,35). The van der Waals surface area contributed by atoms with Crippen molar-refractivity contribution in [2.75, 3.05) is 5.32 Å². The second-order valence-corrected chi connectivity index (χ2v) is 9.88. The number of hydrogen-bond acceptors (Lipinski definition) is 3. The molecule has 1 amide bonds. The van der Waals surface area contributed by atoms with Crippen molar-refractivity contribution in [1.82, 2.24) is 9.78 Å². The topological polar surface area (TPSA) is 56.2 Å². The maximum Gasteiger partial charge on any atom is 0.255 e. The molecule has 0 atom stereocenters. The van der Waals surface area contributed by atoms with E-state index in [-0.39, 0.29) is 5.91 Å². The lowest BCUT2D eigenvalue weighted by Gasteiger charge is -2.11. The summed E-state index contributed by atoms with van der Waals surface area (Å²) in [6.07, 6.45) is 0. The summed E-state index contributed by atoms with van der Waals surface area (Å²) in [5.74, 6) is 1.06. The molecule has 0 spiro atoms. The van der Waals surface area contributed by atoms with Crippen molar-refractivity contribution in [3.8, 4) is 5.75 Å². The Hall–Kier alpha value is -3.28. The lowest BCUT2D eigenvalue weighted by Crippen LogP contribution is -2.14. The van der Waals surface area contributed by atoms with E-state index in [1.165, 1.54) is 5.56 Å². The van der Waals surface area contributed by atoms with E-state index in [9.17, 15) is 4.79 Å². The van der Waals surface area contributed by atoms with Gasteiger partial charge in [0.25, 0.3) is 5.91 Å². The quantitative estimate of drug-likeness (QED) is 0.257. The normalized spacial score (nSPS) is 11.1. The van der Waals surface area contributed by atoms with E-state index in [1.807, 2.05) is 50.2 Å². The number of anilines is 1. The number of nitrogens with one attached hydrogen (secondary N) is 1. The van der Waals surface area contributed by atoms with Crippen LogP contribution in [0.4, 0.5) is 5.69 Å². The van der Waals surface area contributed by atoms with Gasteiger partial charge in [-0.2, -0.15) is 5.10 Å². The van der Waals surface area contributed by atoms with Crippen molar-refractivity contribution in [3.05, 3.63) is 110 Å². The van der Waals surface area contributed by atoms with E-state index in [0.29, 0.717) is 46.1 Å². The summed E-state index contributed by atoms with van der Waals surface area (Å²) < 4.78 is 7.73. The number of nitrogens with zero attached hydrogens (tertiary/aromatic N) is 2. The van der Waals surface area contributed by atoms with Crippen LogP contribution >= 0.6 is 23.2 Å². The van der Waals surface area contributed by atoms with Gasteiger partial charge in [0.1, 0.15) is 12.4 Å². The van der Waals surface area contributed by atoms with Gasteiger partial charge < -0.3 is 10.1 Å². The maximum absolute atomic E-state index is 13.1. The SMILES string of the molecule is Cc1nn(Cc2c(Cl)cccc2Cl)c(C)c1NC(=O)c1cccc(COc2ccc(C(C)C)cc2)c1. The van der Waals surface area contributed by atoms with E-state index < -0.39 is 0 Å². The molecule has 0 unspecified atom stereocenters. The predicted molar refractivity (Wildman–Crippen MR) is 147 cm³/mol. The first-order valence-electron chi connectivity index (χ1n) is 11.8. The first kappa shape index (κ1) is 25.8. The molecule has 0 aliphatic carbocycles. The molecular formula is C29H29Cl2N3O2. The highest BCUT2D eigenvalue weighted by atomic mass is 35.5. The Bertz CT molecular complexity index is 1360. The van der Waals surface area contributed by atoms with Gasteiger partial charge in [0.15, 0.2) is 0 Å². The molecule has 1 heterocycles. The number of halogens is 2. The van der Waals surface area contributed by atoms with Crippen LogP contribution in [0.5, 0.6) is 5.75 Å². The van der Waals surface area contributed by atoms with Crippen LogP contribution in [-0.4, -0.2) is 15.7 Å². The Kier molecular flexibility index (Phi) is 8.02. The molecule has 7 heteroatoms. The smallest absolute Gasteiger partial charge is 0.255 e. The molecule has 3 aromatic carbocycles. The van der Waals surface area contributed by atoms with Crippen LogP contribution in [0, 0.1) is 13.8 Å². The summed E-state index contributed by atoms with van der Waals surface area (Å²) in [5, 5.41) is 8.77. The van der Waals surface area contributed by atoms with Gasteiger partial charge in [-0.3, -0.25) is 9.48 Å². The average molecular weight is 522 g/mol. The fourth-order valence-electron chi connectivity index (χ4n) is 3.97. The third-order valence-electron chi connectivity index (χ3n) is 6.13. The van der Waals surface area contributed by atoms with Crippen LogP contribution in [-0.2, 0) is 13.2 Å². The van der Waals surface area contributed by atoms with Crippen LogP contribution in [0.1, 0.15) is 58.2 Å². The molecule has 186 valence electrons. The number of carbonyl (C=O) groups excluding carboxylic acids is 1. The first-order chi connectivity index (χ1) is 17.2. The van der Waals surface area contributed by atoms with E-state index in [0.717, 1.165) is 22.6 Å². The van der Waals surface area contributed by atoms with Crippen LogP contribution in [0.25, 0.3) is 0 Å². The van der Waals surface area contributed by atoms with Gasteiger partial charge in [0.2, 0.25) is 0 Å². The molecule has 0 saturated heterocycles. The number of amides is 1. The first-order valence-corrected chi connectivity index (χ1v) is 12.6. The van der Waals surface area contributed by atoms with Gasteiger partial charge in [0, 0.05) is 21.2 Å². The number of aromatic nitrogens is 2. The summed E-state index contributed by atoms with van der Waals surface area (Å²) in [7, 11) is 0. The molecule has 1 aromatic heterocycles. The Morgan fingerprint density at radius 2 is 1.67 bits per heavy atom. The van der Waals surface area contributed by atoms with Crippen molar-refractivity contribution in [2.24, 2.45) is 0 Å². The highest BCUT2D eigenvalue weighted by Crippen LogP contribution is 2.28. The molecule has 4 aromatic rings. The van der Waals surface area contributed by atoms with Gasteiger partial charge >= 0.3 is 0 Å². The second kappa shape index (κ2) is 11.2. The van der Waals surface area contributed by atoms with Crippen LogP contribution in [0.15, 0.2) is 66.7 Å². The third-order valence-corrected chi connectivity index (χ3v) is 6.84. The zero-order valence-electron chi connectivity index (χ0n) is 20.8. The van der Waals surface area contributed by atoms with Crippen molar-refractivity contribution in [1.29, 1.82) is 0 Å². The Labute approximate surface area is 222 Å². The molecular weight excluding hydrogens is 493 g/mol. The largest absolute Gasteiger partial charge is 0.489 e. The molecule has 0 bridgehead atoms. The van der Waals surface area contributed by atoms with Gasteiger partial charge in [-0.1, -0.05) is 67.4 Å². The molecule has 0 radical (unpaired) electrons. The van der Waals surface area contributed by atoms with E-state index in [1.54, 1.807) is 22.9 Å². The molecule has 0 saturated carbocycles. The summed E-state index contributed by atoms with van der Waals surface area (Å²) in [6.45, 7) is 8.88. The number of carbonyl (C=O) groups is 1. The third kappa shape index (κ3) is 5.92. The van der Waals surface area contributed by atoms with Crippen molar-refractivity contribution in [3.63, 3.8) is 0 Å². The average Bonchev–Trinajstić information content (AvgIpc) is 3.12. The number of aryl methyl sites for hydroxylation is 1. The van der Waals surface area contributed by atoms with E-state index in [2.05, 4.69) is 36.4 Å². The number of benzene rings is 3.